The number of nitrogens with zero attached hydrogens (tertiary/aromatic N) is 5. The van der Waals surface area contributed by atoms with E-state index in [2.05, 4.69) is 43.3 Å². The fourth-order valence-electron chi connectivity index (χ4n) is 3.09. The minimum Gasteiger partial charge on any atom is -0.356 e. The van der Waals surface area contributed by atoms with Gasteiger partial charge in [-0.1, -0.05) is 6.07 Å². The lowest BCUT2D eigenvalue weighted by molar-refractivity contribution is -0.127. The Kier molecular flexibility index (Phi) is 7.41. The first-order valence-electron chi connectivity index (χ1n) is 9.80. The zero-order chi connectivity index (χ0) is 19.8. The molecule has 1 aliphatic rings. The van der Waals surface area contributed by atoms with Crippen molar-refractivity contribution >= 4 is 23.2 Å². The molecule has 2 aromatic rings. The number of hydrogen-bond donors (Lipinski definition) is 2. The summed E-state index contributed by atoms with van der Waals surface area (Å²) in [4.78, 5) is 19.7. The van der Waals surface area contributed by atoms with E-state index in [1.54, 1.807) is 11.3 Å². The molecule has 0 unspecified atom stereocenters. The van der Waals surface area contributed by atoms with Crippen LogP contribution in [0.4, 0.5) is 0 Å². The summed E-state index contributed by atoms with van der Waals surface area (Å²) in [6.07, 6.45) is 3.55. The maximum atomic E-state index is 11.7. The van der Waals surface area contributed by atoms with Gasteiger partial charge in [0.05, 0.1) is 0 Å². The van der Waals surface area contributed by atoms with Crippen molar-refractivity contribution in [1.82, 2.24) is 30.3 Å². The van der Waals surface area contributed by atoms with Gasteiger partial charge in [-0.05, 0) is 37.6 Å². The van der Waals surface area contributed by atoms with Gasteiger partial charge in [0, 0.05) is 44.5 Å². The first-order chi connectivity index (χ1) is 13.6. The van der Waals surface area contributed by atoms with Crippen molar-refractivity contribution in [1.29, 1.82) is 0 Å². The number of amides is 1. The molecule has 1 amide bonds. The number of rotatable bonds is 9. The third-order valence-corrected chi connectivity index (χ3v) is 5.81. The van der Waals surface area contributed by atoms with Gasteiger partial charge in [0.2, 0.25) is 5.91 Å². The molecule has 8 nitrogen and oxygen atoms in total. The molecule has 3 rings (SSSR count). The van der Waals surface area contributed by atoms with Crippen LogP contribution in [0.3, 0.4) is 0 Å². The van der Waals surface area contributed by atoms with Crippen molar-refractivity contribution in [3.05, 3.63) is 34.0 Å². The van der Waals surface area contributed by atoms with Crippen molar-refractivity contribution in [2.24, 2.45) is 12.0 Å². The fraction of sp³-hybridized carbons (Fsp3) is 0.579. The maximum Gasteiger partial charge on any atom is 0.222 e. The van der Waals surface area contributed by atoms with Gasteiger partial charge >= 0.3 is 0 Å². The third kappa shape index (κ3) is 5.79. The highest BCUT2D eigenvalue weighted by molar-refractivity contribution is 7.09. The normalized spacial score (nSPS) is 14.7. The van der Waals surface area contributed by atoms with Crippen LogP contribution in [-0.4, -0.2) is 57.7 Å². The predicted octanol–water partition coefficient (Wildman–Crippen LogP) is 1.48. The lowest BCUT2D eigenvalue weighted by atomic mass is 10.3. The summed E-state index contributed by atoms with van der Waals surface area (Å²) in [5.74, 6) is 2.76. The van der Waals surface area contributed by atoms with Gasteiger partial charge in [-0.2, -0.15) is 0 Å². The summed E-state index contributed by atoms with van der Waals surface area (Å²) >= 11 is 1.77. The maximum absolute atomic E-state index is 11.7. The van der Waals surface area contributed by atoms with Crippen molar-refractivity contribution in [3.63, 3.8) is 0 Å². The van der Waals surface area contributed by atoms with E-state index in [0.717, 1.165) is 63.0 Å². The van der Waals surface area contributed by atoms with Gasteiger partial charge in [-0.3, -0.25) is 4.79 Å². The molecule has 2 aromatic heterocycles. The highest BCUT2D eigenvalue weighted by Gasteiger charge is 2.18. The molecule has 9 heteroatoms. The van der Waals surface area contributed by atoms with E-state index in [9.17, 15) is 4.79 Å². The highest BCUT2D eigenvalue weighted by atomic mass is 32.1. The van der Waals surface area contributed by atoms with Crippen molar-refractivity contribution in [3.8, 4) is 0 Å². The van der Waals surface area contributed by atoms with Crippen LogP contribution in [0.5, 0.6) is 0 Å². The minimum absolute atomic E-state index is 0.278. The van der Waals surface area contributed by atoms with Crippen LogP contribution in [0.2, 0.25) is 0 Å². The Labute approximate surface area is 170 Å². The second-order valence-electron chi connectivity index (χ2n) is 6.91. The number of hydrogen-bond acceptors (Lipinski definition) is 5. The Morgan fingerprint density at radius 3 is 2.86 bits per heavy atom. The molecule has 1 aliphatic heterocycles. The number of carbonyl (C=O) groups is 1. The quantitative estimate of drug-likeness (QED) is 0.376. The van der Waals surface area contributed by atoms with Crippen LogP contribution in [-0.2, 0) is 24.8 Å². The summed E-state index contributed by atoms with van der Waals surface area (Å²) in [5.41, 5.74) is 0. The van der Waals surface area contributed by atoms with Crippen molar-refractivity contribution in [2.75, 3.05) is 26.2 Å². The number of aryl methyl sites for hydroxylation is 1. The second kappa shape index (κ2) is 10.2. The zero-order valence-electron chi connectivity index (χ0n) is 16.6. The van der Waals surface area contributed by atoms with E-state index in [4.69, 9.17) is 0 Å². The molecule has 0 saturated carbocycles. The third-order valence-electron chi connectivity index (χ3n) is 4.87. The molecule has 28 heavy (non-hydrogen) atoms. The van der Waals surface area contributed by atoms with Crippen molar-refractivity contribution in [2.45, 2.75) is 39.2 Å². The molecular weight excluding hydrogens is 374 g/mol. The van der Waals surface area contributed by atoms with E-state index in [0.29, 0.717) is 13.0 Å². The SMILES string of the molecule is Cc1nnc(CN=C(NCCCN2CCCC2=O)NCCc2cccs2)n1C. The van der Waals surface area contributed by atoms with Gasteiger partial charge in [-0.15, -0.1) is 21.5 Å². The first-order valence-corrected chi connectivity index (χ1v) is 10.7. The second-order valence-corrected chi connectivity index (χ2v) is 7.94. The standard InChI is InChI=1S/C19H29N7OS/c1-15-23-24-17(25(15)2)14-22-19(21-10-8-16-6-4-13-28-16)20-9-5-12-26-11-3-7-18(26)27/h4,6,13H,3,5,7-12,14H2,1-2H3,(H2,20,21,22). The molecule has 152 valence electrons. The Morgan fingerprint density at radius 2 is 2.18 bits per heavy atom. The van der Waals surface area contributed by atoms with Gasteiger partial charge in [-0.25, -0.2) is 4.99 Å². The Hall–Kier alpha value is -2.42. The number of likely N-dealkylation sites (tertiary alicyclic amines) is 1. The summed E-state index contributed by atoms with van der Waals surface area (Å²) in [6.45, 7) is 5.68. The van der Waals surface area contributed by atoms with Crippen LogP contribution < -0.4 is 10.6 Å². The summed E-state index contributed by atoms with van der Waals surface area (Å²) < 4.78 is 1.95. The molecule has 0 atom stereocenters. The smallest absolute Gasteiger partial charge is 0.222 e. The molecule has 0 radical (unpaired) electrons. The van der Waals surface area contributed by atoms with Crippen LogP contribution in [0.1, 0.15) is 35.8 Å². The van der Waals surface area contributed by atoms with Crippen LogP contribution in [0.25, 0.3) is 0 Å². The number of nitrogens with one attached hydrogen (secondary N) is 2. The number of guanidine groups is 1. The molecule has 0 bridgehead atoms. The molecule has 2 N–H and O–H groups in total. The van der Waals surface area contributed by atoms with Crippen LogP contribution >= 0.6 is 11.3 Å². The number of aliphatic imine (C=N–C) groups is 1. The fourth-order valence-corrected chi connectivity index (χ4v) is 3.80. The monoisotopic (exact) mass is 403 g/mol. The molecule has 0 spiro atoms. The van der Waals surface area contributed by atoms with E-state index in [-0.39, 0.29) is 5.91 Å². The Balaban J connectivity index is 1.49. The molecule has 0 aromatic carbocycles. The van der Waals surface area contributed by atoms with Gasteiger partial charge in [0.25, 0.3) is 0 Å². The molecule has 1 fully saturated rings. The number of thiophene rings is 1. The number of aromatic nitrogens is 3. The van der Waals surface area contributed by atoms with Crippen LogP contribution in [0.15, 0.2) is 22.5 Å². The number of carbonyl (C=O) groups excluding carboxylic acids is 1. The predicted molar refractivity (Wildman–Crippen MR) is 111 cm³/mol. The van der Waals surface area contributed by atoms with Crippen molar-refractivity contribution < 1.29 is 4.79 Å². The van der Waals surface area contributed by atoms with E-state index < -0.39 is 0 Å². The topological polar surface area (TPSA) is 87.4 Å². The van der Waals surface area contributed by atoms with E-state index >= 15 is 0 Å². The Bertz CT molecular complexity index is 784. The van der Waals surface area contributed by atoms with Gasteiger partial charge < -0.3 is 20.1 Å². The molecule has 1 saturated heterocycles. The molecular formula is C19H29N7OS. The lowest BCUT2D eigenvalue weighted by Gasteiger charge is -2.16. The summed E-state index contributed by atoms with van der Waals surface area (Å²) in [5, 5.41) is 17.1. The minimum atomic E-state index is 0.278. The lowest BCUT2D eigenvalue weighted by Crippen LogP contribution is -2.40. The molecule has 3 heterocycles. The average Bonchev–Trinajstić information content (AvgIpc) is 3.41. The zero-order valence-corrected chi connectivity index (χ0v) is 17.5. The van der Waals surface area contributed by atoms with Gasteiger partial charge in [0.1, 0.15) is 12.4 Å². The Morgan fingerprint density at radius 1 is 1.32 bits per heavy atom. The largest absolute Gasteiger partial charge is 0.356 e. The van der Waals surface area contributed by atoms with Gasteiger partial charge in [0.15, 0.2) is 11.8 Å². The van der Waals surface area contributed by atoms with Crippen LogP contribution in [0, 0.1) is 6.92 Å². The molecule has 0 aliphatic carbocycles. The van der Waals surface area contributed by atoms with E-state index in [1.165, 1.54) is 4.88 Å². The first kappa shape index (κ1) is 20.3. The highest BCUT2D eigenvalue weighted by Crippen LogP contribution is 2.09. The van der Waals surface area contributed by atoms with E-state index in [1.807, 2.05) is 23.4 Å². The summed E-state index contributed by atoms with van der Waals surface area (Å²) in [6, 6.07) is 4.22. The summed E-state index contributed by atoms with van der Waals surface area (Å²) in [7, 11) is 1.95. The average molecular weight is 404 g/mol.